The maximum absolute atomic E-state index is 12.7. The Morgan fingerprint density at radius 3 is 2.93 bits per heavy atom. The molecule has 3 aromatic rings. The maximum Gasteiger partial charge on any atom is 0.269 e. The van der Waals surface area contributed by atoms with Crippen molar-refractivity contribution in [3.05, 3.63) is 46.0 Å². The Labute approximate surface area is 165 Å². The van der Waals surface area contributed by atoms with Crippen molar-refractivity contribution >= 4 is 33.7 Å². The molecule has 0 aliphatic carbocycles. The van der Waals surface area contributed by atoms with Crippen LogP contribution in [0, 0.1) is 6.92 Å². The lowest BCUT2D eigenvalue weighted by atomic mass is 10.3. The Morgan fingerprint density at radius 1 is 1.30 bits per heavy atom. The summed E-state index contributed by atoms with van der Waals surface area (Å²) in [7, 11) is 0. The van der Waals surface area contributed by atoms with Gasteiger partial charge in [0.2, 0.25) is 0 Å². The van der Waals surface area contributed by atoms with Crippen molar-refractivity contribution in [3.63, 3.8) is 0 Å². The minimum Gasteiger partial charge on any atom is -0.379 e. The molecule has 7 nitrogen and oxygen atoms in total. The van der Waals surface area contributed by atoms with Gasteiger partial charge in [0.25, 0.3) is 5.91 Å². The molecule has 0 bridgehead atoms. The molecule has 1 fully saturated rings. The molecule has 1 aliphatic rings. The summed E-state index contributed by atoms with van der Waals surface area (Å²) in [5.74, 6) is -0.181. The van der Waals surface area contributed by atoms with Crippen molar-refractivity contribution in [2.24, 2.45) is 0 Å². The van der Waals surface area contributed by atoms with Crippen molar-refractivity contribution in [1.82, 2.24) is 19.9 Å². The highest BCUT2D eigenvalue weighted by Gasteiger charge is 2.18. The molecule has 0 unspecified atom stereocenters. The van der Waals surface area contributed by atoms with E-state index in [2.05, 4.69) is 25.2 Å². The molecule has 0 atom stereocenters. The Bertz CT molecular complexity index is 919. The molecule has 9 heteroatoms. The van der Waals surface area contributed by atoms with E-state index in [0.29, 0.717) is 15.7 Å². The highest BCUT2D eigenvalue weighted by Crippen LogP contribution is 2.27. The van der Waals surface area contributed by atoms with Crippen molar-refractivity contribution in [2.75, 3.05) is 31.6 Å². The minimum atomic E-state index is -0.181. The number of hydrogen-bond donors (Lipinski definition) is 1. The summed E-state index contributed by atoms with van der Waals surface area (Å²) in [6, 6.07) is 5.65. The van der Waals surface area contributed by atoms with Gasteiger partial charge in [-0.05, 0) is 19.1 Å². The molecule has 4 rings (SSSR count). The number of carbonyl (C=O) groups is 1. The summed E-state index contributed by atoms with van der Waals surface area (Å²) >= 11 is 2.79. The summed E-state index contributed by atoms with van der Waals surface area (Å²) in [5, 5.41) is 6.23. The topological polar surface area (TPSA) is 80.2 Å². The van der Waals surface area contributed by atoms with Crippen LogP contribution in [0.5, 0.6) is 0 Å². The fourth-order valence-electron chi connectivity index (χ4n) is 2.79. The summed E-state index contributed by atoms with van der Waals surface area (Å²) in [6.07, 6.45) is 1.72. The van der Waals surface area contributed by atoms with Crippen molar-refractivity contribution in [3.8, 4) is 10.7 Å². The predicted molar refractivity (Wildman–Crippen MR) is 106 cm³/mol. The second-order valence-electron chi connectivity index (χ2n) is 6.14. The molecule has 0 radical (unpaired) electrons. The Morgan fingerprint density at radius 2 is 2.15 bits per heavy atom. The van der Waals surface area contributed by atoms with Crippen LogP contribution in [0.15, 0.2) is 29.8 Å². The van der Waals surface area contributed by atoms with E-state index in [1.165, 1.54) is 22.7 Å². The molecular weight excluding hydrogens is 382 g/mol. The third-order valence-corrected chi connectivity index (χ3v) is 6.13. The molecule has 4 heterocycles. The van der Waals surface area contributed by atoms with Crippen LogP contribution in [0.4, 0.5) is 5.13 Å². The quantitative estimate of drug-likeness (QED) is 0.708. The molecule has 1 N–H and O–H groups in total. The van der Waals surface area contributed by atoms with Gasteiger partial charge >= 0.3 is 0 Å². The number of anilines is 1. The van der Waals surface area contributed by atoms with Gasteiger partial charge in [-0.15, -0.1) is 22.7 Å². The number of amides is 1. The van der Waals surface area contributed by atoms with Gasteiger partial charge in [0, 0.05) is 31.2 Å². The first-order valence-corrected chi connectivity index (χ1v) is 10.3. The van der Waals surface area contributed by atoms with Crippen molar-refractivity contribution in [2.45, 2.75) is 13.5 Å². The Kier molecular flexibility index (Phi) is 5.53. The van der Waals surface area contributed by atoms with E-state index in [1.54, 1.807) is 6.20 Å². The SMILES string of the molecule is Cc1nc(-c2ccccn2)sc1C(=O)Nc1nc(CN2CCOCC2)cs1. The van der Waals surface area contributed by atoms with Gasteiger partial charge in [0.05, 0.1) is 30.3 Å². The zero-order chi connectivity index (χ0) is 18.6. The van der Waals surface area contributed by atoms with Crippen LogP contribution in [0.1, 0.15) is 21.1 Å². The number of hydrogen-bond acceptors (Lipinski definition) is 8. The first kappa shape index (κ1) is 18.2. The molecule has 27 heavy (non-hydrogen) atoms. The number of nitrogens with zero attached hydrogens (tertiary/aromatic N) is 4. The van der Waals surface area contributed by atoms with Gasteiger partial charge in [-0.2, -0.15) is 0 Å². The van der Waals surface area contributed by atoms with Crippen LogP contribution in [0.3, 0.4) is 0 Å². The first-order valence-electron chi connectivity index (χ1n) is 8.64. The third-order valence-electron chi connectivity index (χ3n) is 4.15. The number of nitrogens with one attached hydrogen (secondary N) is 1. The average Bonchev–Trinajstić information content (AvgIpc) is 3.29. The second kappa shape index (κ2) is 8.22. The number of aromatic nitrogens is 3. The van der Waals surface area contributed by atoms with Crippen LogP contribution in [-0.2, 0) is 11.3 Å². The van der Waals surface area contributed by atoms with E-state index >= 15 is 0 Å². The number of carbonyl (C=O) groups excluding carboxylic acids is 1. The molecule has 1 amide bonds. The lowest BCUT2D eigenvalue weighted by Gasteiger charge is -2.25. The maximum atomic E-state index is 12.7. The minimum absolute atomic E-state index is 0.181. The van der Waals surface area contributed by atoms with E-state index in [0.717, 1.165) is 49.2 Å². The van der Waals surface area contributed by atoms with Crippen LogP contribution < -0.4 is 5.32 Å². The Hall–Kier alpha value is -2.20. The second-order valence-corrected chi connectivity index (χ2v) is 7.99. The van der Waals surface area contributed by atoms with Gasteiger partial charge in [-0.25, -0.2) is 9.97 Å². The molecule has 1 aliphatic heterocycles. The van der Waals surface area contributed by atoms with Crippen LogP contribution in [0.25, 0.3) is 10.7 Å². The van der Waals surface area contributed by atoms with E-state index in [9.17, 15) is 4.79 Å². The molecule has 0 aromatic carbocycles. The lowest BCUT2D eigenvalue weighted by molar-refractivity contribution is 0.0337. The smallest absolute Gasteiger partial charge is 0.269 e. The van der Waals surface area contributed by atoms with Gasteiger partial charge in [0.1, 0.15) is 9.88 Å². The third kappa shape index (κ3) is 4.38. The van der Waals surface area contributed by atoms with Gasteiger partial charge in [-0.3, -0.25) is 20.0 Å². The predicted octanol–water partition coefficient (Wildman–Crippen LogP) is 3.05. The van der Waals surface area contributed by atoms with Gasteiger partial charge in [-0.1, -0.05) is 6.07 Å². The number of ether oxygens (including phenoxy) is 1. The normalized spacial score (nSPS) is 15.0. The van der Waals surface area contributed by atoms with E-state index in [1.807, 2.05) is 30.5 Å². The average molecular weight is 402 g/mol. The first-order chi connectivity index (χ1) is 13.2. The van der Waals surface area contributed by atoms with E-state index in [4.69, 9.17) is 4.74 Å². The molecule has 140 valence electrons. The molecule has 0 spiro atoms. The van der Waals surface area contributed by atoms with E-state index in [-0.39, 0.29) is 5.91 Å². The largest absolute Gasteiger partial charge is 0.379 e. The number of thiazole rings is 2. The number of aryl methyl sites for hydroxylation is 1. The number of pyridine rings is 1. The fraction of sp³-hybridized carbons (Fsp3) is 0.333. The zero-order valence-electron chi connectivity index (χ0n) is 14.8. The molecule has 0 saturated carbocycles. The van der Waals surface area contributed by atoms with Crippen LogP contribution in [0.2, 0.25) is 0 Å². The fourth-order valence-corrected chi connectivity index (χ4v) is 4.42. The lowest BCUT2D eigenvalue weighted by Crippen LogP contribution is -2.35. The Balaban J connectivity index is 1.43. The van der Waals surface area contributed by atoms with Gasteiger partial charge < -0.3 is 4.74 Å². The van der Waals surface area contributed by atoms with Gasteiger partial charge in [0.15, 0.2) is 5.13 Å². The highest BCUT2D eigenvalue weighted by molar-refractivity contribution is 7.17. The summed E-state index contributed by atoms with van der Waals surface area (Å²) in [5.41, 5.74) is 2.43. The van der Waals surface area contributed by atoms with Crippen molar-refractivity contribution in [1.29, 1.82) is 0 Å². The van der Waals surface area contributed by atoms with Crippen molar-refractivity contribution < 1.29 is 9.53 Å². The number of rotatable bonds is 5. The molecule has 1 saturated heterocycles. The summed E-state index contributed by atoms with van der Waals surface area (Å²) < 4.78 is 5.36. The molecular formula is C18H19N5O2S2. The monoisotopic (exact) mass is 401 g/mol. The van der Waals surface area contributed by atoms with Crippen LogP contribution >= 0.6 is 22.7 Å². The standard InChI is InChI=1S/C18H19N5O2S2/c1-12-15(27-17(20-12)14-4-2-3-5-19-14)16(24)22-18-21-13(11-26-18)10-23-6-8-25-9-7-23/h2-5,11H,6-10H2,1H3,(H,21,22,24). The number of morpholine rings is 1. The van der Waals surface area contributed by atoms with E-state index < -0.39 is 0 Å². The molecule has 3 aromatic heterocycles. The zero-order valence-corrected chi connectivity index (χ0v) is 16.5. The highest BCUT2D eigenvalue weighted by atomic mass is 32.1. The summed E-state index contributed by atoms with van der Waals surface area (Å²) in [4.78, 5) is 28.9. The summed E-state index contributed by atoms with van der Waals surface area (Å²) in [6.45, 7) is 5.96. The van der Waals surface area contributed by atoms with Crippen LogP contribution in [-0.4, -0.2) is 52.1 Å².